The van der Waals surface area contributed by atoms with Gasteiger partial charge in [0.2, 0.25) is 11.8 Å². The normalized spacial score (nSPS) is 15.2. The molecule has 0 atom stereocenters. The number of oxazole rings is 1. The van der Waals surface area contributed by atoms with Gasteiger partial charge in [0, 0.05) is 44.1 Å². The molecule has 138 valence electrons. The van der Waals surface area contributed by atoms with Crippen LogP contribution in [0.1, 0.15) is 5.69 Å². The van der Waals surface area contributed by atoms with E-state index in [4.69, 9.17) is 10.2 Å². The van der Waals surface area contributed by atoms with Crippen LogP contribution in [0.25, 0.3) is 11.5 Å². The van der Waals surface area contributed by atoms with Gasteiger partial charge in [-0.2, -0.15) is 0 Å². The van der Waals surface area contributed by atoms with Gasteiger partial charge < -0.3 is 20.0 Å². The number of guanidine groups is 1. The quantitative estimate of drug-likeness (QED) is 0.557. The second-order valence-electron chi connectivity index (χ2n) is 6.21. The van der Waals surface area contributed by atoms with E-state index in [1.54, 1.807) is 18.7 Å². The van der Waals surface area contributed by atoms with Crippen molar-refractivity contribution in [2.45, 2.75) is 6.54 Å². The maximum atomic E-state index is 6.17. The van der Waals surface area contributed by atoms with Crippen LogP contribution >= 0.6 is 0 Å². The van der Waals surface area contributed by atoms with Crippen molar-refractivity contribution in [2.24, 2.45) is 10.7 Å². The van der Waals surface area contributed by atoms with Gasteiger partial charge in [0.05, 0.1) is 6.54 Å². The molecule has 4 rings (SSSR count). The molecule has 0 unspecified atom stereocenters. The minimum Gasteiger partial charge on any atom is -0.444 e. The summed E-state index contributed by atoms with van der Waals surface area (Å²) in [6.45, 7) is 3.57. The number of aromatic nitrogens is 3. The van der Waals surface area contributed by atoms with Crippen molar-refractivity contribution in [3.05, 3.63) is 60.7 Å². The third-order valence-corrected chi connectivity index (χ3v) is 4.41. The molecule has 1 aliphatic heterocycles. The molecule has 0 saturated carbocycles. The average molecular weight is 363 g/mol. The van der Waals surface area contributed by atoms with E-state index in [2.05, 4.69) is 29.7 Å². The molecule has 0 bridgehead atoms. The topological polar surface area (TPSA) is 96.7 Å². The molecule has 8 heteroatoms. The highest BCUT2D eigenvalue weighted by Gasteiger charge is 2.20. The Morgan fingerprint density at radius 3 is 2.52 bits per heavy atom. The predicted octanol–water partition coefficient (Wildman–Crippen LogP) is 1.77. The molecule has 0 aliphatic carbocycles. The molecular weight excluding hydrogens is 342 g/mol. The van der Waals surface area contributed by atoms with E-state index < -0.39 is 0 Å². The van der Waals surface area contributed by atoms with Crippen LogP contribution in [0.5, 0.6) is 0 Å². The van der Waals surface area contributed by atoms with Gasteiger partial charge in [-0.3, -0.25) is 0 Å². The zero-order valence-corrected chi connectivity index (χ0v) is 14.9. The third kappa shape index (κ3) is 4.05. The molecule has 0 spiro atoms. The number of anilines is 1. The van der Waals surface area contributed by atoms with Gasteiger partial charge in [-0.1, -0.05) is 18.2 Å². The monoisotopic (exact) mass is 363 g/mol. The molecular formula is C19H21N7O. The van der Waals surface area contributed by atoms with Crippen LogP contribution in [0, 0.1) is 0 Å². The summed E-state index contributed by atoms with van der Waals surface area (Å²) in [5, 5.41) is 0. The fourth-order valence-electron chi connectivity index (χ4n) is 2.94. The van der Waals surface area contributed by atoms with Crippen molar-refractivity contribution in [1.29, 1.82) is 0 Å². The second kappa shape index (κ2) is 7.86. The number of aliphatic imine (C=N–C) groups is 1. The number of nitrogens with two attached hydrogens (primary N) is 1. The first-order valence-corrected chi connectivity index (χ1v) is 8.86. The lowest BCUT2D eigenvalue weighted by Gasteiger charge is -2.35. The van der Waals surface area contributed by atoms with Crippen LogP contribution in [-0.4, -0.2) is 52.0 Å². The largest absolute Gasteiger partial charge is 0.444 e. The van der Waals surface area contributed by atoms with Gasteiger partial charge in [-0.05, 0) is 18.2 Å². The van der Waals surface area contributed by atoms with Gasteiger partial charge in [0.15, 0.2) is 5.96 Å². The summed E-state index contributed by atoms with van der Waals surface area (Å²) in [4.78, 5) is 21.7. The van der Waals surface area contributed by atoms with Gasteiger partial charge in [0.1, 0.15) is 12.0 Å². The van der Waals surface area contributed by atoms with Crippen molar-refractivity contribution >= 4 is 11.9 Å². The molecule has 27 heavy (non-hydrogen) atoms. The Kier molecular flexibility index (Phi) is 4.95. The zero-order chi connectivity index (χ0) is 18.5. The number of piperazine rings is 1. The van der Waals surface area contributed by atoms with Crippen LogP contribution in [-0.2, 0) is 6.54 Å². The van der Waals surface area contributed by atoms with Crippen molar-refractivity contribution in [1.82, 2.24) is 19.9 Å². The van der Waals surface area contributed by atoms with Gasteiger partial charge in [0.25, 0.3) is 0 Å². The maximum Gasteiger partial charge on any atom is 0.226 e. The molecule has 0 radical (unpaired) electrons. The molecule has 1 aliphatic rings. The number of nitrogens with zero attached hydrogens (tertiary/aromatic N) is 6. The Labute approximate surface area is 157 Å². The Balaban J connectivity index is 1.33. The number of hydrogen-bond acceptors (Lipinski definition) is 6. The van der Waals surface area contributed by atoms with E-state index >= 15 is 0 Å². The summed E-state index contributed by atoms with van der Waals surface area (Å²) in [5.74, 6) is 1.87. The Morgan fingerprint density at radius 2 is 1.78 bits per heavy atom. The van der Waals surface area contributed by atoms with Crippen LogP contribution in [0.2, 0.25) is 0 Å². The van der Waals surface area contributed by atoms with Crippen molar-refractivity contribution < 1.29 is 4.42 Å². The third-order valence-electron chi connectivity index (χ3n) is 4.41. The molecule has 0 amide bonds. The van der Waals surface area contributed by atoms with E-state index in [-0.39, 0.29) is 0 Å². The summed E-state index contributed by atoms with van der Waals surface area (Å²) in [6.07, 6.45) is 5.14. The summed E-state index contributed by atoms with van der Waals surface area (Å²) >= 11 is 0. The highest BCUT2D eigenvalue weighted by atomic mass is 16.3. The standard InChI is InChI=1S/C19H21N7O/c20-18(25-9-11-26(12-10-25)19-21-7-4-8-22-19)23-13-16-14-27-17(24-16)15-5-2-1-3-6-15/h1-8,14H,9-13H2,(H2,20,23). The van der Waals surface area contributed by atoms with Gasteiger partial charge in [-0.25, -0.2) is 19.9 Å². The van der Waals surface area contributed by atoms with E-state index in [1.165, 1.54) is 0 Å². The van der Waals surface area contributed by atoms with Crippen LogP contribution in [0.4, 0.5) is 5.95 Å². The summed E-state index contributed by atoms with van der Waals surface area (Å²) < 4.78 is 5.54. The lowest BCUT2D eigenvalue weighted by Crippen LogP contribution is -2.51. The minimum atomic E-state index is 0.393. The van der Waals surface area contributed by atoms with Crippen LogP contribution in [0.3, 0.4) is 0 Å². The summed E-state index contributed by atoms with van der Waals surface area (Å²) in [7, 11) is 0. The fourth-order valence-corrected chi connectivity index (χ4v) is 2.94. The molecule has 1 saturated heterocycles. The summed E-state index contributed by atoms with van der Waals surface area (Å²) in [5.41, 5.74) is 7.87. The zero-order valence-electron chi connectivity index (χ0n) is 14.9. The average Bonchev–Trinajstić information content (AvgIpc) is 3.22. The van der Waals surface area contributed by atoms with E-state index in [1.807, 2.05) is 36.4 Å². The van der Waals surface area contributed by atoms with E-state index in [9.17, 15) is 0 Å². The Bertz CT molecular complexity index is 887. The SMILES string of the molecule is NC(=NCc1coc(-c2ccccc2)n1)N1CCN(c2ncccn2)CC1. The lowest BCUT2D eigenvalue weighted by molar-refractivity contribution is 0.378. The lowest BCUT2D eigenvalue weighted by atomic mass is 10.2. The molecule has 1 aromatic carbocycles. The van der Waals surface area contributed by atoms with Crippen molar-refractivity contribution in [3.63, 3.8) is 0 Å². The highest BCUT2D eigenvalue weighted by Crippen LogP contribution is 2.18. The first kappa shape index (κ1) is 17.0. The number of benzene rings is 1. The predicted molar refractivity (Wildman–Crippen MR) is 103 cm³/mol. The van der Waals surface area contributed by atoms with Crippen LogP contribution in [0.15, 0.2) is 64.5 Å². The van der Waals surface area contributed by atoms with Crippen molar-refractivity contribution in [2.75, 3.05) is 31.1 Å². The molecule has 3 heterocycles. The molecule has 2 N–H and O–H groups in total. The first-order valence-electron chi connectivity index (χ1n) is 8.86. The van der Waals surface area contributed by atoms with Gasteiger partial charge in [-0.15, -0.1) is 0 Å². The highest BCUT2D eigenvalue weighted by molar-refractivity contribution is 5.78. The Hall–Kier alpha value is -3.42. The Morgan fingerprint density at radius 1 is 1.04 bits per heavy atom. The smallest absolute Gasteiger partial charge is 0.226 e. The molecule has 8 nitrogen and oxygen atoms in total. The van der Waals surface area contributed by atoms with E-state index in [0.29, 0.717) is 18.4 Å². The fraction of sp³-hybridized carbons (Fsp3) is 0.263. The minimum absolute atomic E-state index is 0.393. The van der Waals surface area contributed by atoms with Crippen LogP contribution < -0.4 is 10.6 Å². The maximum absolute atomic E-state index is 6.17. The molecule has 3 aromatic rings. The number of hydrogen-bond donors (Lipinski definition) is 1. The summed E-state index contributed by atoms with van der Waals surface area (Å²) in [6, 6.07) is 11.6. The second-order valence-corrected chi connectivity index (χ2v) is 6.21. The van der Waals surface area contributed by atoms with Crippen molar-refractivity contribution in [3.8, 4) is 11.5 Å². The molecule has 2 aromatic heterocycles. The number of rotatable bonds is 4. The van der Waals surface area contributed by atoms with Gasteiger partial charge >= 0.3 is 0 Å². The molecule has 1 fully saturated rings. The first-order chi connectivity index (χ1) is 13.3. The van der Waals surface area contributed by atoms with E-state index in [0.717, 1.165) is 43.4 Å².